The highest BCUT2D eigenvalue weighted by molar-refractivity contribution is 7.98. The number of fused-ring (bicyclic) bond motifs is 1. The topological polar surface area (TPSA) is 12.0 Å². The SMILES string of the molecule is CSc1ccc(CNCc2cccc3ccccc23)cc1. The molecule has 1 nitrogen and oxygen atoms in total. The summed E-state index contributed by atoms with van der Waals surface area (Å²) in [5.41, 5.74) is 2.68. The molecule has 1 N–H and O–H groups in total. The molecule has 0 heterocycles. The van der Waals surface area contributed by atoms with Gasteiger partial charge in [0.15, 0.2) is 0 Å². The van der Waals surface area contributed by atoms with Crippen LogP contribution in [0.2, 0.25) is 0 Å². The molecule has 0 aromatic heterocycles. The molecule has 0 saturated heterocycles. The van der Waals surface area contributed by atoms with Gasteiger partial charge in [-0.05, 0) is 40.3 Å². The standard InChI is InChI=1S/C19H19NS/c1-21-18-11-9-15(10-12-18)13-20-14-17-7-4-6-16-5-2-3-8-19(16)17/h2-12,20H,13-14H2,1H3. The van der Waals surface area contributed by atoms with E-state index in [1.807, 2.05) is 0 Å². The molecule has 3 rings (SSSR count). The molecule has 21 heavy (non-hydrogen) atoms. The molecule has 0 aliphatic carbocycles. The average molecular weight is 293 g/mol. The van der Waals surface area contributed by atoms with Crippen molar-refractivity contribution in [2.24, 2.45) is 0 Å². The van der Waals surface area contributed by atoms with E-state index in [1.54, 1.807) is 11.8 Å². The van der Waals surface area contributed by atoms with Crippen LogP contribution < -0.4 is 5.32 Å². The van der Waals surface area contributed by atoms with E-state index in [4.69, 9.17) is 0 Å². The zero-order valence-corrected chi connectivity index (χ0v) is 13.0. The van der Waals surface area contributed by atoms with Crippen molar-refractivity contribution in [1.29, 1.82) is 0 Å². The Kier molecular flexibility index (Phi) is 4.59. The minimum absolute atomic E-state index is 0.894. The van der Waals surface area contributed by atoms with E-state index in [0.717, 1.165) is 13.1 Å². The van der Waals surface area contributed by atoms with Crippen molar-refractivity contribution in [3.8, 4) is 0 Å². The van der Waals surface area contributed by atoms with Gasteiger partial charge in [0.05, 0.1) is 0 Å². The van der Waals surface area contributed by atoms with Gasteiger partial charge in [0, 0.05) is 18.0 Å². The molecule has 3 aromatic rings. The lowest BCUT2D eigenvalue weighted by molar-refractivity contribution is 0.696. The van der Waals surface area contributed by atoms with E-state index < -0.39 is 0 Å². The number of nitrogens with one attached hydrogen (secondary N) is 1. The van der Waals surface area contributed by atoms with Crippen molar-refractivity contribution < 1.29 is 0 Å². The fourth-order valence-corrected chi connectivity index (χ4v) is 2.94. The van der Waals surface area contributed by atoms with Crippen molar-refractivity contribution >= 4 is 22.5 Å². The first-order chi connectivity index (χ1) is 10.4. The highest BCUT2D eigenvalue weighted by Crippen LogP contribution is 2.18. The summed E-state index contributed by atoms with van der Waals surface area (Å²) in [7, 11) is 0. The predicted octanol–water partition coefficient (Wildman–Crippen LogP) is 4.85. The number of hydrogen-bond acceptors (Lipinski definition) is 2. The summed E-state index contributed by atoms with van der Waals surface area (Å²) >= 11 is 1.78. The second-order valence-electron chi connectivity index (χ2n) is 5.09. The second kappa shape index (κ2) is 6.79. The van der Waals surface area contributed by atoms with Crippen LogP contribution >= 0.6 is 11.8 Å². The first-order valence-electron chi connectivity index (χ1n) is 7.17. The van der Waals surface area contributed by atoms with Crippen molar-refractivity contribution in [2.45, 2.75) is 18.0 Å². The summed E-state index contributed by atoms with van der Waals surface area (Å²) in [4.78, 5) is 1.31. The molecule has 106 valence electrons. The lowest BCUT2D eigenvalue weighted by Gasteiger charge is -2.09. The van der Waals surface area contributed by atoms with Crippen LogP contribution in [0.5, 0.6) is 0 Å². The van der Waals surface area contributed by atoms with Gasteiger partial charge in [0.25, 0.3) is 0 Å². The largest absolute Gasteiger partial charge is 0.309 e. The van der Waals surface area contributed by atoms with Gasteiger partial charge in [-0.1, -0.05) is 54.6 Å². The Labute approximate surface area is 130 Å². The molecule has 0 spiro atoms. The Bertz CT molecular complexity index is 714. The van der Waals surface area contributed by atoms with Crippen LogP contribution in [0.25, 0.3) is 10.8 Å². The third-order valence-electron chi connectivity index (χ3n) is 3.68. The van der Waals surface area contributed by atoms with Crippen LogP contribution in [0.4, 0.5) is 0 Å². The summed E-state index contributed by atoms with van der Waals surface area (Å²) in [5.74, 6) is 0. The molecule has 2 heteroatoms. The highest BCUT2D eigenvalue weighted by atomic mass is 32.2. The van der Waals surface area contributed by atoms with Crippen LogP contribution in [0.1, 0.15) is 11.1 Å². The lowest BCUT2D eigenvalue weighted by atomic mass is 10.0. The molecule has 3 aromatic carbocycles. The minimum atomic E-state index is 0.894. The highest BCUT2D eigenvalue weighted by Gasteiger charge is 2.00. The molecule has 0 saturated carbocycles. The lowest BCUT2D eigenvalue weighted by Crippen LogP contribution is -2.12. The molecule has 0 atom stereocenters. The molecular weight excluding hydrogens is 274 g/mol. The average Bonchev–Trinajstić information content (AvgIpc) is 2.56. The van der Waals surface area contributed by atoms with E-state index in [9.17, 15) is 0 Å². The van der Waals surface area contributed by atoms with Crippen molar-refractivity contribution in [1.82, 2.24) is 5.32 Å². The third kappa shape index (κ3) is 3.46. The van der Waals surface area contributed by atoms with E-state index in [2.05, 4.69) is 78.3 Å². The summed E-state index contributed by atoms with van der Waals surface area (Å²) in [6.45, 7) is 1.80. The van der Waals surface area contributed by atoms with Crippen LogP contribution in [-0.4, -0.2) is 6.26 Å². The Morgan fingerprint density at radius 2 is 1.57 bits per heavy atom. The third-order valence-corrected chi connectivity index (χ3v) is 4.43. The maximum atomic E-state index is 3.54. The van der Waals surface area contributed by atoms with E-state index in [-0.39, 0.29) is 0 Å². The summed E-state index contributed by atoms with van der Waals surface area (Å²) in [6, 6.07) is 23.8. The van der Waals surface area contributed by atoms with Crippen molar-refractivity contribution in [2.75, 3.05) is 6.26 Å². The Hall–Kier alpha value is -1.77. The molecule has 0 bridgehead atoms. The Balaban J connectivity index is 1.66. The first-order valence-corrected chi connectivity index (χ1v) is 8.39. The Morgan fingerprint density at radius 3 is 2.38 bits per heavy atom. The molecule has 0 radical (unpaired) electrons. The normalized spacial score (nSPS) is 10.9. The predicted molar refractivity (Wildman–Crippen MR) is 92.7 cm³/mol. The zero-order chi connectivity index (χ0) is 14.5. The summed E-state index contributed by atoms with van der Waals surface area (Å²) < 4.78 is 0. The van der Waals surface area contributed by atoms with Gasteiger partial charge in [0.1, 0.15) is 0 Å². The summed E-state index contributed by atoms with van der Waals surface area (Å²) in [5, 5.41) is 6.19. The molecular formula is C19H19NS. The summed E-state index contributed by atoms with van der Waals surface area (Å²) in [6.07, 6.45) is 2.10. The van der Waals surface area contributed by atoms with Crippen LogP contribution in [0, 0.1) is 0 Å². The minimum Gasteiger partial charge on any atom is -0.309 e. The number of benzene rings is 3. The maximum absolute atomic E-state index is 3.54. The molecule has 0 fully saturated rings. The van der Waals surface area contributed by atoms with Gasteiger partial charge in [0.2, 0.25) is 0 Å². The fraction of sp³-hybridized carbons (Fsp3) is 0.158. The fourth-order valence-electron chi connectivity index (χ4n) is 2.53. The van der Waals surface area contributed by atoms with Gasteiger partial charge in [-0.15, -0.1) is 11.8 Å². The van der Waals surface area contributed by atoms with Gasteiger partial charge in [-0.2, -0.15) is 0 Å². The Morgan fingerprint density at radius 1 is 0.810 bits per heavy atom. The number of hydrogen-bond donors (Lipinski definition) is 1. The van der Waals surface area contributed by atoms with E-state index in [1.165, 1.54) is 26.8 Å². The van der Waals surface area contributed by atoms with Crippen LogP contribution in [0.3, 0.4) is 0 Å². The number of thioether (sulfide) groups is 1. The van der Waals surface area contributed by atoms with Crippen LogP contribution in [-0.2, 0) is 13.1 Å². The van der Waals surface area contributed by atoms with E-state index >= 15 is 0 Å². The molecule has 0 aliphatic rings. The monoisotopic (exact) mass is 293 g/mol. The van der Waals surface area contributed by atoms with Crippen molar-refractivity contribution in [3.05, 3.63) is 77.9 Å². The molecule has 0 aliphatic heterocycles. The van der Waals surface area contributed by atoms with Crippen molar-refractivity contribution in [3.63, 3.8) is 0 Å². The smallest absolute Gasteiger partial charge is 0.0214 e. The first kappa shape index (κ1) is 14.2. The quantitative estimate of drug-likeness (QED) is 0.675. The van der Waals surface area contributed by atoms with E-state index in [0.29, 0.717) is 0 Å². The second-order valence-corrected chi connectivity index (χ2v) is 5.97. The molecule has 0 unspecified atom stereocenters. The van der Waals surface area contributed by atoms with Gasteiger partial charge in [-0.25, -0.2) is 0 Å². The van der Waals surface area contributed by atoms with Gasteiger partial charge >= 0.3 is 0 Å². The zero-order valence-electron chi connectivity index (χ0n) is 12.2. The van der Waals surface area contributed by atoms with Crippen LogP contribution in [0.15, 0.2) is 71.6 Å². The number of rotatable bonds is 5. The maximum Gasteiger partial charge on any atom is 0.0214 e. The van der Waals surface area contributed by atoms with Gasteiger partial charge < -0.3 is 5.32 Å². The molecule has 0 amide bonds. The van der Waals surface area contributed by atoms with Gasteiger partial charge in [-0.3, -0.25) is 0 Å².